The van der Waals surface area contributed by atoms with E-state index in [-0.39, 0.29) is 12.5 Å². The number of ether oxygens (including phenoxy) is 3. The van der Waals surface area contributed by atoms with Crippen molar-refractivity contribution in [1.29, 1.82) is 0 Å². The van der Waals surface area contributed by atoms with Crippen LogP contribution < -0.4 is 19.5 Å². The molecule has 7 nitrogen and oxygen atoms in total. The number of aromatic nitrogens is 2. The van der Waals surface area contributed by atoms with Crippen LogP contribution in [0.15, 0.2) is 60.4 Å². The Morgan fingerprint density at radius 3 is 2.74 bits per heavy atom. The molecular weight excluding hydrogens is 394 g/mol. The fourth-order valence-corrected chi connectivity index (χ4v) is 3.55. The Labute approximate surface area is 181 Å². The fraction of sp³-hybridized carbons (Fsp3) is 0.250. The van der Waals surface area contributed by atoms with Gasteiger partial charge in [0, 0.05) is 25.0 Å². The van der Waals surface area contributed by atoms with E-state index in [2.05, 4.69) is 10.3 Å². The highest BCUT2D eigenvalue weighted by atomic mass is 16.5. The van der Waals surface area contributed by atoms with Crippen LogP contribution in [-0.2, 0) is 11.8 Å². The van der Waals surface area contributed by atoms with Crippen molar-refractivity contribution >= 4 is 12.0 Å². The largest absolute Gasteiger partial charge is 0.497 e. The number of imidazole rings is 1. The molecule has 0 fully saturated rings. The van der Waals surface area contributed by atoms with E-state index in [1.165, 1.54) is 0 Å². The van der Waals surface area contributed by atoms with Gasteiger partial charge in [-0.2, -0.15) is 0 Å². The minimum atomic E-state index is -0.421. The van der Waals surface area contributed by atoms with E-state index in [4.69, 9.17) is 14.2 Å². The number of para-hydroxylation sites is 1. The Kier molecular flexibility index (Phi) is 5.93. The van der Waals surface area contributed by atoms with Crippen molar-refractivity contribution in [1.82, 2.24) is 14.9 Å². The van der Waals surface area contributed by atoms with Gasteiger partial charge in [0.1, 0.15) is 24.2 Å². The van der Waals surface area contributed by atoms with Crippen molar-refractivity contribution in [2.24, 2.45) is 7.05 Å². The Morgan fingerprint density at radius 1 is 1.26 bits per heavy atom. The van der Waals surface area contributed by atoms with E-state index in [1.54, 1.807) is 13.3 Å². The first-order valence-corrected chi connectivity index (χ1v) is 10.1. The number of rotatable bonds is 7. The predicted molar refractivity (Wildman–Crippen MR) is 117 cm³/mol. The summed E-state index contributed by atoms with van der Waals surface area (Å²) in [6.07, 6.45) is 5.42. The Hall–Kier alpha value is -3.74. The third kappa shape index (κ3) is 4.26. The molecule has 1 amide bonds. The Bertz CT molecular complexity index is 1100. The summed E-state index contributed by atoms with van der Waals surface area (Å²) in [7, 11) is 3.52. The van der Waals surface area contributed by atoms with Crippen LogP contribution in [0.25, 0.3) is 6.08 Å². The van der Waals surface area contributed by atoms with Crippen LogP contribution in [0.5, 0.6) is 17.2 Å². The van der Waals surface area contributed by atoms with E-state index in [0.29, 0.717) is 23.7 Å². The minimum absolute atomic E-state index is 0.165. The molecule has 0 spiro atoms. The maximum atomic E-state index is 13.2. The van der Waals surface area contributed by atoms with Gasteiger partial charge in [0.15, 0.2) is 11.5 Å². The van der Waals surface area contributed by atoms with E-state index in [0.717, 1.165) is 22.7 Å². The summed E-state index contributed by atoms with van der Waals surface area (Å²) >= 11 is 0. The summed E-state index contributed by atoms with van der Waals surface area (Å²) in [6, 6.07) is 12.8. The number of hydrogen-bond acceptors (Lipinski definition) is 5. The monoisotopic (exact) mass is 419 g/mol. The summed E-state index contributed by atoms with van der Waals surface area (Å²) in [5, 5.41) is 3.11. The van der Waals surface area contributed by atoms with Gasteiger partial charge in [-0.25, -0.2) is 4.98 Å². The maximum absolute atomic E-state index is 13.2. The van der Waals surface area contributed by atoms with Crippen molar-refractivity contribution in [2.45, 2.75) is 13.0 Å². The molecule has 0 bridgehead atoms. The molecule has 31 heavy (non-hydrogen) atoms. The van der Waals surface area contributed by atoms with Gasteiger partial charge in [0.25, 0.3) is 5.91 Å². The second-order valence-electron chi connectivity index (χ2n) is 7.14. The average molecular weight is 419 g/mol. The first kappa shape index (κ1) is 20.5. The number of methoxy groups -OCH3 is 1. The molecule has 1 aromatic heterocycles. The van der Waals surface area contributed by atoms with Crippen LogP contribution in [0.2, 0.25) is 0 Å². The summed E-state index contributed by atoms with van der Waals surface area (Å²) in [4.78, 5) is 17.6. The number of aryl methyl sites for hydroxylation is 1. The average Bonchev–Trinajstić information content (AvgIpc) is 3.23. The smallest absolute Gasteiger partial charge is 0.251 e. The van der Waals surface area contributed by atoms with Crippen molar-refractivity contribution in [3.05, 3.63) is 77.4 Å². The normalized spacial score (nSPS) is 13.5. The van der Waals surface area contributed by atoms with Crippen LogP contribution in [0.4, 0.5) is 0 Å². The Morgan fingerprint density at radius 2 is 2.06 bits per heavy atom. The molecule has 7 heteroatoms. The quantitative estimate of drug-likeness (QED) is 0.634. The van der Waals surface area contributed by atoms with E-state index in [9.17, 15) is 4.79 Å². The summed E-state index contributed by atoms with van der Waals surface area (Å²) in [5.41, 5.74) is 2.26. The molecule has 2 heterocycles. The first-order chi connectivity index (χ1) is 15.1. The van der Waals surface area contributed by atoms with Crippen molar-refractivity contribution in [2.75, 3.05) is 20.3 Å². The van der Waals surface area contributed by atoms with Crippen molar-refractivity contribution < 1.29 is 19.0 Å². The highest BCUT2D eigenvalue weighted by molar-refractivity contribution is 5.99. The molecule has 0 saturated carbocycles. The number of nitrogens with one attached hydrogen (secondary N) is 1. The number of carbonyl (C=O) groups is 1. The number of hydrogen-bond donors (Lipinski definition) is 1. The van der Waals surface area contributed by atoms with Crippen LogP contribution in [0, 0.1) is 0 Å². The SMILES string of the molecule is CCOc1cccc2c1OCC(C(=O)NC(c1ccc(OC)cc1)c1nccn1C)=C2. The number of fused-ring (bicyclic) bond motifs is 1. The van der Waals surface area contributed by atoms with E-state index in [1.807, 2.05) is 73.3 Å². The lowest BCUT2D eigenvalue weighted by atomic mass is 10.0. The number of benzene rings is 2. The molecule has 2 aromatic carbocycles. The minimum Gasteiger partial charge on any atom is -0.497 e. The van der Waals surface area contributed by atoms with Gasteiger partial charge in [-0.15, -0.1) is 0 Å². The molecule has 160 valence electrons. The molecule has 0 radical (unpaired) electrons. The third-order valence-corrected chi connectivity index (χ3v) is 5.14. The van der Waals surface area contributed by atoms with Gasteiger partial charge in [0.2, 0.25) is 0 Å². The second kappa shape index (κ2) is 8.95. The van der Waals surface area contributed by atoms with E-state index >= 15 is 0 Å². The second-order valence-corrected chi connectivity index (χ2v) is 7.14. The molecule has 1 atom stereocenters. The standard InChI is InChI=1S/C24H25N3O4/c1-4-30-20-7-5-6-17-14-18(15-31-22(17)20)24(28)26-21(23-25-12-13-27(23)2)16-8-10-19(29-3)11-9-16/h5-14,21H,4,15H2,1-3H3,(H,26,28). The molecule has 1 unspecified atom stereocenters. The molecule has 1 aliphatic heterocycles. The molecule has 1 aliphatic rings. The fourth-order valence-electron chi connectivity index (χ4n) is 3.55. The van der Waals surface area contributed by atoms with Gasteiger partial charge in [-0.3, -0.25) is 4.79 Å². The summed E-state index contributed by atoms with van der Waals surface area (Å²) in [6.45, 7) is 2.64. The molecule has 1 N–H and O–H groups in total. The lowest BCUT2D eigenvalue weighted by molar-refractivity contribution is -0.118. The zero-order valence-corrected chi connectivity index (χ0v) is 17.8. The molecule has 3 aromatic rings. The zero-order chi connectivity index (χ0) is 21.8. The predicted octanol–water partition coefficient (Wildman–Crippen LogP) is 3.51. The van der Waals surface area contributed by atoms with E-state index < -0.39 is 6.04 Å². The van der Waals surface area contributed by atoms with Crippen LogP contribution >= 0.6 is 0 Å². The van der Waals surface area contributed by atoms with Crippen LogP contribution in [-0.4, -0.2) is 35.8 Å². The lowest BCUT2D eigenvalue weighted by Crippen LogP contribution is -2.34. The van der Waals surface area contributed by atoms with Gasteiger partial charge in [-0.1, -0.05) is 24.3 Å². The highest BCUT2D eigenvalue weighted by Crippen LogP contribution is 2.36. The zero-order valence-electron chi connectivity index (χ0n) is 17.8. The molecule has 0 aliphatic carbocycles. The number of amides is 1. The first-order valence-electron chi connectivity index (χ1n) is 10.1. The van der Waals surface area contributed by atoms with Gasteiger partial charge in [-0.05, 0) is 36.8 Å². The summed E-state index contributed by atoms with van der Waals surface area (Å²) in [5.74, 6) is 2.61. The maximum Gasteiger partial charge on any atom is 0.251 e. The van der Waals surface area contributed by atoms with Crippen LogP contribution in [0.3, 0.4) is 0 Å². The van der Waals surface area contributed by atoms with Crippen molar-refractivity contribution in [3.63, 3.8) is 0 Å². The molecule has 0 saturated heterocycles. The molecular formula is C24H25N3O4. The van der Waals surface area contributed by atoms with Gasteiger partial charge >= 0.3 is 0 Å². The highest BCUT2D eigenvalue weighted by Gasteiger charge is 2.25. The number of carbonyl (C=O) groups excluding carboxylic acids is 1. The topological polar surface area (TPSA) is 74.6 Å². The third-order valence-electron chi connectivity index (χ3n) is 5.14. The molecule has 4 rings (SSSR count). The lowest BCUT2D eigenvalue weighted by Gasteiger charge is -2.23. The van der Waals surface area contributed by atoms with Gasteiger partial charge < -0.3 is 24.1 Å². The number of nitrogens with zero attached hydrogens (tertiary/aromatic N) is 2. The van der Waals surface area contributed by atoms with Gasteiger partial charge in [0.05, 0.1) is 19.3 Å². The Balaban J connectivity index is 1.62. The van der Waals surface area contributed by atoms with Crippen molar-refractivity contribution in [3.8, 4) is 17.2 Å². The summed E-state index contributed by atoms with van der Waals surface area (Å²) < 4.78 is 18.7. The van der Waals surface area contributed by atoms with Crippen LogP contribution in [0.1, 0.15) is 29.9 Å².